The molecule has 94 valence electrons. The monoisotopic (exact) mass is 236 g/mol. The molecule has 0 aromatic heterocycles. The maximum absolute atomic E-state index is 11.6. The first-order valence-electron chi connectivity index (χ1n) is 5.75. The summed E-state index contributed by atoms with van der Waals surface area (Å²) in [5, 5.41) is 2.63. The topological polar surface area (TPSA) is 72.2 Å². The van der Waals surface area contributed by atoms with Gasteiger partial charge < -0.3 is 11.1 Å². The SMILES string of the molecule is CC.CC(=O)c1ccccc1C(=O)NCCN. The Balaban J connectivity index is 0.00000121. The number of ketones is 1. The number of benzene rings is 1. The molecule has 0 bridgehead atoms. The summed E-state index contributed by atoms with van der Waals surface area (Å²) in [6.45, 7) is 6.23. The normalized spacial score (nSPS) is 8.94. The molecular weight excluding hydrogens is 216 g/mol. The number of hydrogen-bond donors (Lipinski definition) is 2. The van der Waals surface area contributed by atoms with Crippen molar-refractivity contribution in [2.24, 2.45) is 5.73 Å². The van der Waals surface area contributed by atoms with E-state index in [0.717, 1.165) is 0 Å². The second-order valence-corrected chi connectivity index (χ2v) is 3.15. The van der Waals surface area contributed by atoms with Crippen molar-refractivity contribution >= 4 is 11.7 Å². The van der Waals surface area contributed by atoms with Gasteiger partial charge in [0.05, 0.1) is 5.56 Å². The van der Waals surface area contributed by atoms with Crippen molar-refractivity contribution in [3.05, 3.63) is 35.4 Å². The zero-order valence-corrected chi connectivity index (χ0v) is 10.6. The van der Waals surface area contributed by atoms with Gasteiger partial charge >= 0.3 is 0 Å². The fraction of sp³-hybridized carbons (Fsp3) is 0.385. The lowest BCUT2D eigenvalue weighted by Crippen LogP contribution is -2.30. The van der Waals surface area contributed by atoms with Gasteiger partial charge in [0.2, 0.25) is 0 Å². The molecule has 0 saturated carbocycles. The molecule has 17 heavy (non-hydrogen) atoms. The first-order valence-corrected chi connectivity index (χ1v) is 5.75. The summed E-state index contributed by atoms with van der Waals surface area (Å²) >= 11 is 0. The Morgan fingerprint density at radius 3 is 2.18 bits per heavy atom. The predicted octanol–water partition coefficient (Wildman–Crippen LogP) is 1.60. The second kappa shape index (κ2) is 8.47. The average molecular weight is 236 g/mol. The molecule has 0 heterocycles. The summed E-state index contributed by atoms with van der Waals surface area (Å²) in [7, 11) is 0. The van der Waals surface area contributed by atoms with Crippen LogP contribution in [0.3, 0.4) is 0 Å². The third-order valence-electron chi connectivity index (χ3n) is 1.98. The molecule has 4 heteroatoms. The van der Waals surface area contributed by atoms with Crippen LogP contribution >= 0.6 is 0 Å². The second-order valence-electron chi connectivity index (χ2n) is 3.15. The number of nitrogens with one attached hydrogen (secondary N) is 1. The molecule has 0 aliphatic carbocycles. The summed E-state index contributed by atoms with van der Waals surface area (Å²) in [6, 6.07) is 6.72. The minimum absolute atomic E-state index is 0.117. The van der Waals surface area contributed by atoms with Gasteiger partial charge in [-0.3, -0.25) is 9.59 Å². The van der Waals surface area contributed by atoms with Crippen molar-refractivity contribution in [2.75, 3.05) is 13.1 Å². The van der Waals surface area contributed by atoms with Crippen LogP contribution in [0.1, 0.15) is 41.5 Å². The summed E-state index contributed by atoms with van der Waals surface area (Å²) in [5.74, 6) is -0.375. The largest absolute Gasteiger partial charge is 0.351 e. The summed E-state index contributed by atoms with van der Waals surface area (Å²) in [5.41, 5.74) is 6.11. The lowest BCUT2D eigenvalue weighted by atomic mass is 10.0. The van der Waals surface area contributed by atoms with Crippen LogP contribution in [0.4, 0.5) is 0 Å². The molecule has 0 aliphatic heterocycles. The van der Waals surface area contributed by atoms with E-state index in [1.165, 1.54) is 6.92 Å². The number of hydrogen-bond acceptors (Lipinski definition) is 3. The number of carbonyl (C=O) groups excluding carboxylic acids is 2. The molecule has 1 aromatic carbocycles. The van der Waals surface area contributed by atoms with Crippen LogP contribution in [-0.2, 0) is 0 Å². The van der Waals surface area contributed by atoms with Crippen LogP contribution in [0, 0.1) is 0 Å². The maximum Gasteiger partial charge on any atom is 0.252 e. The number of rotatable bonds is 4. The third-order valence-corrected chi connectivity index (χ3v) is 1.98. The first kappa shape index (κ1) is 15.3. The molecule has 4 nitrogen and oxygen atoms in total. The number of nitrogens with two attached hydrogens (primary N) is 1. The minimum atomic E-state index is -0.258. The van der Waals surface area contributed by atoms with E-state index >= 15 is 0 Å². The number of carbonyl (C=O) groups is 2. The number of amides is 1. The van der Waals surface area contributed by atoms with Crippen LogP contribution < -0.4 is 11.1 Å². The van der Waals surface area contributed by atoms with Crippen LogP contribution in [-0.4, -0.2) is 24.8 Å². The van der Waals surface area contributed by atoms with Crippen molar-refractivity contribution in [1.29, 1.82) is 0 Å². The fourth-order valence-electron chi connectivity index (χ4n) is 1.27. The molecule has 1 rings (SSSR count). The van der Waals surface area contributed by atoms with Gasteiger partial charge in [0, 0.05) is 18.7 Å². The number of Topliss-reactive ketones (excluding diaryl/α,β-unsaturated/α-hetero) is 1. The fourth-order valence-corrected chi connectivity index (χ4v) is 1.27. The van der Waals surface area contributed by atoms with Crippen LogP contribution in [0.2, 0.25) is 0 Å². The van der Waals surface area contributed by atoms with E-state index in [1.54, 1.807) is 24.3 Å². The van der Waals surface area contributed by atoms with Gasteiger partial charge in [-0.2, -0.15) is 0 Å². The molecule has 0 unspecified atom stereocenters. The van der Waals surface area contributed by atoms with Crippen LogP contribution in [0.15, 0.2) is 24.3 Å². The zero-order chi connectivity index (χ0) is 13.3. The lowest BCUT2D eigenvalue weighted by Gasteiger charge is -2.06. The maximum atomic E-state index is 11.6. The highest BCUT2D eigenvalue weighted by molar-refractivity contribution is 6.07. The van der Waals surface area contributed by atoms with Gasteiger partial charge in [0.25, 0.3) is 5.91 Å². The third kappa shape index (κ3) is 4.78. The van der Waals surface area contributed by atoms with Gasteiger partial charge in [-0.1, -0.05) is 32.0 Å². The molecular formula is C13H20N2O2. The molecule has 0 aliphatic rings. The summed E-state index contributed by atoms with van der Waals surface area (Å²) in [4.78, 5) is 22.8. The lowest BCUT2D eigenvalue weighted by molar-refractivity contribution is 0.0939. The van der Waals surface area contributed by atoms with Crippen molar-refractivity contribution in [2.45, 2.75) is 20.8 Å². The van der Waals surface area contributed by atoms with E-state index in [9.17, 15) is 9.59 Å². The van der Waals surface area contributed by atoms with Gasteiger partial charge in [-0.05, 0) is 13.0 Å². The van der Waals surface area contributed by atoms with Gasteiger partial charge in [0.15, 0.2) is 5.78 Å². The first-order chi connectivity index (χ1) is 8.16. The zero-order valence-electron chi connectivity index (χ0n) is 10.6. The van der Waals surface area contributed by atoms with Crippen molar-refractivity contribution in [1.82, 2.24) is 5.32 Å². The van der Waals surface area contributed by atoms with E-state index in [0.29, 0.717) is 24.2 Å². The standard InChI is InChI=1S/C11H14N2O2.C2H6/c1-8(14)9-4-2-3-5-10(9)11(15)13-7-6-12;1-2/h2-5H,6-7,12H2,1H3,(H,13,15);1-2H3. The minimum Gasteiger partial charge on any atom is -0.351 e. The van der Waals surface area contributed by atoms with E-state index in [1.807, 2.05) is 13.8 Å². The van der Waals surface area contributed by atoms with E-state index in [2.05, 4.69) is 5.32 Å². The highest BCUT2D eigenvalue weighted by atomic mass is 16.2. The Bertz CT molecular complexity index is 375. The molecule has 1 amide bonds. The molecule has 0 atom stereocenters. The Morgan fingerprint density at radius 1 is 1.18 bits per heavy atom. The Kier molecular flexibility index (Phi) is 7.63. The molecule has 0 saturated heterocycles. The van der Waals surface area contributed by atoms with E-state index in [-0.39, 0.29) is 11.7 Å². The summed E-state index contributed by atoms with van der Waals surface area (Å²) in [6.07, 6.45) is 0. The van der Waals surface area contributed by atoms with E-state index in [4.69, 9.17) is 5.73 Å². The smallest absolute Gasteiger partial charge is 0.252 e. The molecule has 0 radical (unpaired) electrons. The molecule has 0 spiro atoms. The van der Waals surface area contributed by atoms with Crippen molar-refractivity contribution in [3.8, 4) is 0 Å². The Labute approximate surface area is 102 Å². The van der Waals surface area contributed by atoms with Crippen LogP contribution in [0.5, 0.6) is 0 Å². The summed E-state index contributed by atoms with van der Waals surface area (Å²) < 4.78 is 0. The molecule has 3 N–H and O–H groups in total. The quantitative estimate of drug-likeness (QED) is 0.780. The predicted molar refractivity (Wildman–Crippen MR) is 69.2 cm³/mol. The van der Waals surface area contributed by atoms with Crippen molar-refractivity contribution < 1.29 is 9.59 Å². The highest BCUT2D eigenvalue weighted by Gasteiger charge is 2.12. The average Bonchev–Trinajstić information content (AvgIpc) is 2.38. The molecule has 1 aromatic rings. The Morgan fingerprint density at radius 2 is 1.71 bits per heavy atom. The van der Waals surface area contributed by atoms with Crippen LogP contribution in [0.25, 0.3) is 0 Å². The van der Waals surface area contributed by atoms with Gasteiger partial charge in [-0.15, -0.1) is 0 Å². The van der Waals surface area contributed by atoms with E-state index < -0.39 is 0 Å². The highest BCUT2D eigenvalue weighted by Crippen LogP contribution is 2.08. The van der Waals surface area contributed by atoms with Gasteiger partial charge in [-0.25, -0.2) is 0 Å². The Hall–Kier alpha value is -1.68. The van der Waals surface area contributed by atoms with Crippen molar-refractivity contribution in [3.63, 3.8) is 0 Å². The van der Waals surface area contributed by atoms with Gasteiger partial charge in [0.1, 0.15) is 0 Å². The molecule has 0 fully saturated rings.